The van der Waals surface area contributed by atoms with Gasteiger partial charge in [-0.3, -0.25) is 0 Å². The lowest BCUT2D eigenvalue weighted by molar-refractivity contribution is -0.670. The van der Waals surface area contributed by atoms with Crippen molar-refractivity contribution in [3.05, 3.63) is 35.9 Å². The highest BCUT2D eigenvalue weighted by atomic mass is 127. The number of quaternary nitrogens is 1. The van der Waals surface area contributed by atoms with Crippen LogP contribution < -0.4 is 29.3 Å². The maximum Gasteiger partial charge on any atom is 0.101 e. The second-order valence-electron chi connectivity index (χ2n) is 3.12. The van der Waals surface area contributed by atoms with E-state index < -0.39 is 0 Å². The summed E-state index contributed by atoms with van der Waals surface area (Å²) >= 11 is 0. The van der Waals surface area contributed by atoms with Crippen LogP contribution in [0.3, 0.4) is 0 Å². The third-order valence-corrected chi connectivity index (χ3v) is 1.98. The van der Waals surface area contributed by atoms with Gasteiger partial charge in [0, 0.05) is 5.56 Å². The predicted molar refractivity (Wildman–Crippen MR) is 51.8 cm³/mol. The van der Waals surface area contributed by atoms with E-state index in [9.17, 15) is 0 Å². The van der Waals surface area contributed by atoms with Gasteiger partial charge in [-0.15, -0.1) is 0 Å². The van der Waals surface area contributed by atoms with E-state index in [2.05, 4.69) is 42.6 Å². The number of halogens is 1. The zero-order valence-electron chi connectivity index (χ0n) is 8.17. The van der Waals surface area contributed by atoms with Gasteiger partial charge in [0.1, 0.15) is 6.54 Å². The molecule has 0 radical (unpaired) electrons. The third-order valence-electron chi connectivity index (χ3n) is 1.98. The van der Waals surface area contributed by atoms with Gasteiger partial charge in [0.2, 0.25) is 0 Å². The second-order valence-corrected chi connectivity index (χ2v) is 3.12. The minimum atomic E-state index is 0. The van der Waals surface area contributed by atoms with E-state index in [0.29, 0.717) is 0 Å². The zero-order chi connectivity index (χ0) is 8.65. The number of hydrogen-bond donors (Lipinski definition) is 1. The Labute approximate surface area is 97.9 Å². The minimum absolute atomic E-state index is 0. The molecule has 0 amide bonds. The molecule has 0 atom stereocenters. The van der Waals surface area contributed by atoms with Gasteiger partial charge in [-0.2, -0.15) is 0 Å². The van der Waals surface area contributed by atoms with Crippen LogP contribution in [0.2, 0.25) is 0 Å². The molecular formula is C11H18IN. The van der Waals surface area contributed by atoms with Gasteiger partial charge in [-0.05, 0) is 6.42 Å². The Morgan fingerprint density at radius 3 is 2.46 bits per heavy atom. The largest absolute Gasteiger partial charge is 1.00 e. The average molecular weight is 291 g/mol. The molecule has 0 unspecified atom stereocenters. The van der Waals surface area contributed by atoms with E-state index in [1.54, 1.807) is 0 Å². The first-order valence-electron chi connectivity index (χ1n) is 4.79. The zero-order valence-corrected chi connectivity index (χ0v) is 10.3. The fourth-order valence-corrected chi connectivity index (χ4v) is 1.23. The normalized spacial score (nSPS) is 9.31. The Morgan fingerprint density at radius 1 is 1.15 bits per heavy atom. The fourth-order valence-electron chi connectivity index (χ4n) is 1.23. The lowest BCUT2D eigenvalue weighted by atomic mass is 10.2. The van der Waals surface area contributed by atoms with E-state index in [1.807, 2.05) is 0 Å². The van der Waals surface area contributed by atoms with Crippen molar-refractivity contribution in [2.75, 3.05) is 6.54 Å². The maximum absolute atomic E-state index is 2.37. The summed E-state index contributed by atoms with van der Waals surface area (Å²) in [6.07, 6.45) is 2.62. The smallest absolute Gasteiger partial charge is 0.101 e. The molecule has 1 aromatic carbocycles. The first-order chi connectivity index (χ1) is 5.93. The number of rotatable bonds is 5. The quantitative estimate of drug-likeness (QED) is 0.505. The molecule has 0 spiro atoms. The van der Waals surface area contributed by atoms with E-state index >= 15 is 0 Å². The van der Waals surface area contributed by atoms with Crippen molar-refractivity contribution in [2.45, 2.75) is 26.3 Å². The van der Waals surface area contributed by atoms with Gasteiger partial charge in [-0.1, -0.05) is 43.7 Å². The first-order valence-corrected chi connectivity index (χ1v) is 4.79. The van der Waals surface area contributed by atoms with Gasteiger partial charge >= 0.3 is 0 Å². The van der Waals surface area contributed by atoms with Crippen molar-refractivity contribution in [1.29, 1.82) is 0 Å². The van der Waals surface area contributed by atoms with Gasteiger partial charge in [-0.25, -0.2) is 0 Å². The molecule has 0 fully saturated rings. The molecule has 0 aliphatic carbocycles. The van der Waals surface area contributed by atoms with Crippen molar-refractivity contribution < 1.29 is 29.3 Å². The summed E-state index contributed by atoms with van der Waals surface area (Å²) in [5.74, 6) is 0. The summed E-state index contributed by atoms with van der Waals surface area (Å²) in [5.41, 5.74) is 1.42. The SMILES string of the molecule is CCCC[NH2+]Cc1ccccc1.[I-]. The van der Waals surface area contributed by atoms with E-state index in [-0.39, 0.29) is 24.0 Å². The molecule has 2 heteroatoms. The highest BCUT2D eigenvalue weighted by molar-refractivity contribution is 5.12. The molecule has 1 nitrogen and oxygen atoms in total. The fraction of sp³-hybridized carbons (Fsp3) is 0.455. The van der Waals surface area contributed by atoms with Crippen LogP contribution in [0.5, 0.6) is 0 Å². The molecule has 1 rings (SSSR count). The van der Waals surface area contributed by atoms with Crippen LogP contribution in [-0.2, 0) is 6.54 Å². The van der Waals surface area contributed by atoms with E-state index in [0.717, 1.165) is 6.54 Å². The topological polar surface area (TPSA) is 16.6 Å². The number of unbranched alkanes of at least 4 members (excludes halogenated alkanes) is 1. The monoisotopic (exact) mass is 291 g/mol. The molecule has 13 heavy (non-hydrogen) atoms. The summed E-state index contributed by atoms with van der Waals surface area (Å²) in [7, 11) is 0. The van der Waals surface area contributed by atoms with Gasteiger partial charge in [0.05, 0.1) is 6.54 Å². The van der Waals surface area contributed by atoms with Crippen LogP contribution >= 0.6 is 0 Å². The van der Waals surface area contributed by atoms with Crippen molar-refractivity contribution in [1.82, 2.24) is 0 Å². The molecule has 1 aromatic rings. The van der Waals surface area contributed by atoms with Gasteiger partial charge in [0.25, 0.3) is 0 Å². The van der Waals surface area contributed by atoms with E-state index in [1.165, 1.54) is 24.9 Å². The van der Waals surface area contributed by atoms with Gasteiger partial charge < -0.3 is 29.3 Å². The summed E-state index contributed by atoms with van der Waals surface area (Å²) in [6, 6.07) is 10.6. The Kier molecular flexibility index (Phi) is 8.45. The number of nitrogens with two attached hydrogens (primary N) is 1. The van der Waals surface area contributed by atoms with Crippen LogP contribution in [0.1, 0.15) is 25.3 Å². The molecule has 0 heterocycles. The average Bonchev–Trinajstić information content (AvgIpc) is 2.14. The Morgan fingerprint density at radius 2 is 1.85 bits per heavy atom. The van der Waals surface area contributed by atoms with Crippen molar-refractivity contribution >= 4 is 0 Å². The van der Waals surface area contributed by atoms with E-state index in [4.69, 9.17) is 0 Å². The predicted octanol–water partition coefficient (Wildman–Crippen LogP) is -1.45. The summed E-state index contributed by atoms with van der Waals surface area (Å²) in [5, 5.41) is 2.37. The van der Waals surface area contributed by atoms with Crippen molar-refractivity contribution in [2.24, 2.45) is 0 Å². The molecular weight excluding hydrogens is 273 g/mol. The summed E-state index contributed by atoms with van der Waals surface area (Å²) in [4.78, 5) is 0. The molecule has 74 valence electrons. The molecule has 0 aliphatic heterocycles. The second kappa shape index (κ2) is 8.51. The van der Waals surface area contributed by atoms with Crippen molar-refractivity contribution in [3.8, 4) is 0 Å². The van der Waals surface area contributed by atoms with Crippen LogP contribution in [0.15, 0.2) is 30.3 Å². The van der Waals surface area contributed by atoms with Crippen molar-refractivity contribution in [3.63, 3.8) is 0 Å². The Hall–Kier alpha value is -0.0900. The molecule has 0 aliphatic rings. The Balaban J connectivity index is 0.00000144. The third kappa shape index (κ3) is 6.05. The van der Waals surface area contributed by atoms with Crippen LogP contribution in [0.25, 0.3) is 0 Å². The van der Waals surface area contributed by atoms with Gasteiger partial charge in [0.15, 0.2) is 0 Å². The van der Waals surface area contributed by atoms with Crippen LogP contribution in [0.4, 0.5) is 0 Å². The number of benzene rings is 1. The number of hydrogen-bond acceptors (Lipinski definition) is 0. The molecule has 2 N–H and O–H groups in total. The maximum atomic E-state index is 2.37. The van der Waals surface area contributed by atoms with Crippen LogP contribution in [-0.4, -0.2) is 6.54 Å². The lowest BCUT2D eigenvalue weighted by Gasteiger charge is -1.99. The first kappa shape index (κ1) is 12.9. The molecule has 0 bridgehead atoms. The summed E-state index contributed by atoms with van der Waals surface area (Å²) < 4.78 is 0. The molecule has 0 saturated heterocycles. The molecule has 0 aromatic heterocycles. The molecule has 0 saturated carbocycles. The summed E-state index contributed by atoms with van der Waals surface area (Å²) in [6.45, 7) is 4.61. The van der Waals surface area contributed by atoms with Crippen LogP contribution in [0, 0.1) is 0 Å². The lowest BCUT2D eigenvalue weighted by Crippen LogP contribution is -3.00. The standard InChI is InChI=1S/C11H17N.HI/c1-2-3-9-12-10-11-7-5-4-6-8-11;/h4-8,12H,2-3,9-10H2,1H3;1H. The highest BCUT2D eigenvalue weighted by Crippen LogP contribution is 1.94. The Bertz CT molecular complexity index is 199. The highest BCUT2D eigenvalue weighted by Gasteiger charge is 1.92. The minimum Gasteiger partial charge on any atom is -1.00 e.